The molecule has 1 amide bonds. The molecule has 0 aliphatic heterocycles. The third kappa shape index (κ3) is 11.3. The van der Waals surface area contributed by atoms with Crippen LogP contribution in [0.4, 0.5) is 4.79 Å². The normalized spacial score (nSPS) is 11.4. The van der Waals surface area contributed by atoms with Crippen molar-refractivity contribution in [1.29, 1.82) is 0 Å². The van der Waals surface area contributed by atoms with Crippen molar-refractivity contribution in [2.45, 2.75) is 32.3 Å². The molecule has 9 nitrogen and oxygen atoms in total. The van der Waals surface area contributed by atoms with Gasteiger partial charge in [0.15, 0.2) is 6.10 Å². The maximum absolute atomic E-state index is 13.0. The van der Waals surface area contributed by atoms with Crippen molar-refractivity contribution >= 4 is 35.3 Å². The molecule has 0 aromatic heterocycles. The second kappa shape index (κ2) is 17.3. The summed E-state index contributed by atoms with van der Waals surface area (Å²) in [5.41, 5.74) is 0.815. The molecule has 0 saturated heterocycles. The Balaban J connectivity index is 1.53. The van der Waals surface area contributed by atoms with Crippen molar-refractivity contribution in [2.24, 2.45) is 0 Å². The molecule has 3 aromatic rings. The topological polar surface area (TPSA) is 104 Å². The monoisotopic (exact) mass is 619 g/mol. The lowest BCUT2D eigenvalue weighted by atomic mass is 10.1. The van der Waals surface area contributed by atoms with Crippen molar-refractivity contribution in [3.8, 4) is 23.0 Å². The average molecular weight is 621 g/mol. The summed E-state index contributed by atoms with van der Waals surface area (Å²) < 4.78 is 27.6. The standard InChI is InChI=1S/C31H35Cl2NO8/c1-3-39-29(30(35)36)18-22-6-8-26(9-7-22)41-17-15-34(31(37)42-27-12-10-25(38-2)11-13-27)14-4-5-16-40-28-20-23(32)19-24(33)21-28/h6-13,19-21,29H,3-5,14-18H2,1-2H3,(H,35,36). The molecule has 0 radical (unpaired) electrons. The molecule has 0 heterocycles. The second-order valence-corrected chi connectivity index (χ2v) is 10.0. The molecule has 3 rings (SSSR count). The van der Waals surface area contributed by atoms with Crippen LogP contribution in [-0.2, 0) is 16.0 Å². The lowest BCUT2D eigenvalue weighted by molar-refractivity contribution is -0.149. The van der Waals surface area contributed by atoms with E-state index < -0.39 is 18.2 Å². The van der Waals surface area contributed by atoms with Crippen LogP contribution in [0.2, 0.25) is 10.0 Å². The molecule has 0 aliphatic carbocycles. The van der Waals surface area contributed by atoms with Crippen molar-refractivity contribution in [1.82, 2.24) is 4.90 Å². The molecule has 0 spiro atoms. The number of rotatable bonds is 17. The van der Waals surface area contributed by atoms with E-state index in [0.717, 1.165) is 5.56 Å². The molecule has 0 aliphatic rings. The third-order valence-corrected chi connectivity index (χ3v) is 6.50. The summed E-state index contributed by atoms with van der Waals surface area (Å²) in [5.74, 6) is 1.23. The number of ether oxygens (including phenoxy) is 5. The van der Waals surface area contributed by atoms with Gasteiger partial charge in [-0.1, -0.05) is 35.3 Å². The molecule has 1 N–H and O–H groups in total. The fraction of sp³-hybridized carbons (Fsp3) is 0.355. The van der Waals surface area contributed by atoms with Crippen molar-refractivity contribution in [3.05, 3.63) is 82.3 Å². The lowest BCUT2D eigenvalue weighted by Crippen LogP contribution is -2.37. The Kier molecular flexibility index (Phi) is 13.6. The molecule has 0 fully saturated rings. The van der Waals surface area contributed by atoms with E-state index in [0.29, 0.717) is 65.6 Å². The zero-order chi connectivity index (χ0) is 30.3. The van der Waals surface area contributed by atoms with Gasteiger partial charge in [-0.05, 0) is 79.9 Å². The fourth-order valence-corrected chi connectivity index (χ4v) is 4.44. The van der Waals surface area contributed by atoms with E-state index in [1.54, 1.807) is 85.7 Å². The van der Waals surface area contributed by atoms with Crippen LogP contribution >= 0.6 is 23.2 Å². The zero-order valence-electron chi connectivity index (χ0n) is 23.6. The zero-order valence-corrected chi connectivity index (χ0v) is 25.1. The first kappa shape index (κ1) is 32.8. The Morgan fingerprint density at radius 1 is 0.810 bits per heavy atom. The smallest absolute Gasteiger partial charge is 0.415 e. The Morgan fingerprint density at radius 2 is 1.43 bits per heavy atom. The summed E-state index contributed by atoms with van der Waals surface area (Å²) >= 11 is 12.1. The number of hydrogen-bond acceptors (Lipinski definition) is 7. The van der Waals surface area contributed by atoms with Crippen LogP contribution in [0.25, 0.3) is 0 Å². The lowest BCUT2D eigenvalue weighted by Gasteiger charge is -2.22. The number of methoxy groups -OCH3 is 1. The second-order valence-electron chi connectivity index (χ2n) is 9.17. The number of benzene rings is 3. The number of halogens is 2. The highest BCUT2D eigenvalue weighted by molar-refractivity contribution is 6.34. The fourth-order valence-electron chi connectivity index (χ4n) is 3.94. The molecule has 1 atom stereocenters. The number of unbranched alkanes of at least 4 members (excludes halogenated alkanes) is 1. The van der Waals surface area contributed by atoms with E-state index in [1.807, 2.05) is 0 Å². The number of hydrogen-bond donors (Lipinski definition) is 1. The highest BCUT2D eigenvalue weighted by atomic mass is 35.5. The van der Waals surface area contributed by atoms with Gasteiger partial charge in [0.05, 0.1) is 20.3 Å². The molecule has 42 heavy (non-hydrogen) atoms. The summed E-state index contributed by atoms with van der Waals surface area (Å²) in [6.45, 7) is 3.43. The van der Waals surface area contributed by atoms with Gasteiger partial charge in [-0.2, -0.15) is 0 Å². The van der Waals surface area contributed by atoms with Gasteiger partial charge in [0.1, 0.15) is 29.6 Å². The van der Waals surface area contributed by atoms with E-state index in [-0.39, 0.29) is 19.6 Å². The number of nitrogens with zero attached hydrogens (tertiary/aromatic N) is 1. The van der Waals surface area contributed by atoms with E-state index >= 15 is 0 Å². The van der Waals surface area contributed by atoms with Crippen LogP contribution in [0.5, 0.6) is 23.0 Å². The first-order chi connectivity index (χ1) is 20.3. The van der Waals surface area contributed by atoms with Crippen LogP contribution in [0.15, 0.2) is 66.7 Å². The predicted octanol–water partition coefficient (Wildman–Crippen LogP) is 6.77. The maximum atomic E-state index is 13.0. The van der Waals surface area contributed by atoms with E-state index in [4.69, 9.17) is 46.9 Å². The Morgan fingerprint density at radius 3 is 2.05 bits per heavy atom. The van der Waals surface area contributed by atoms with E-state index in [9.17, 15) is 14.7 Å². The van der Waals surface area contributed by atoms with Crippen molar-refractivity contribution in [3.63, 3.8) is 0 Å². The number of carbonyl (C=O) groups excluding carboxylic acids is 1. The Labute approximate surface area is 255 Å². The van der Waals surface area contributed by atoms with E-state index in [2.05, 4.69) is 0 Å². The first-order valence-electron chi connectivity index (χ1n) is 13.5. The van der Waals surface area contributed by atoms with Gasteiger partial charge >= 0.3 is 12.1 Å². The average Bonchev–Trinajstić information content (AvgIpc) is 2.96. The molecule has 0 saturated carbocycles. The van der Waals surface area contributed by atoms with Gasteiger partial charge in [0.2, 0.25) is 0 Å². The molecule has 3 aromatic carbocycles. The van der Waals surface area contributed by atoms with Crippen LogP contribution < -0.4 is 18.9 Å². The van der Waals surface area contributed by atoms with Crippen LogP contribution in [0.3, 0.4) is 0 Å². The van der Waals surface area contributed by atoms with E-state index in [1.165, 1.54) is 0 Å². The molecule has 11 heteroatoms. The molecule has 226 valence electrons. The maximum Gasteiger partial charge on any atom is 0.415 e. The quantitative estimate of drug-likeness (QED) is 0.165. The minimum atomic E-state index is -1.00. The number of amides is 1. The van der Waals surface area contributed by atoms with Gasteiger partial charge in [-0.3, -0.25) is 0 Å². The van der Waals surface area contributed by atoms with Crippen molar-refractivity contribution in [2.75, 3.05) is 40.0 Å². The third-order valence-electron chi connectivity index (χ3n) is 6.07. The number of carboxylic acids is 1. The SMILES string of the molecule is CCOC(Cc1ccc(OCCN(CCCCOc2cc(Cl)cc(Cl)c2)C(=O)Oc2ccc(OC)cc2)cc1)C(=O)O. The summed E-state index contributed by atoms with van der Waals surface area (Å²) in [6.07, 6.45) is 0.184. The summed E-state index contributed by atoms with van der Waals surface area (Å²) in [5, 5.41) is 10.3. The number of carbonyl (C=O) groups is 2. The summed E-state index contributed by atoms with van der Waals surface area (Å²) in [4.78, 5) is 26.0. The van der Waals surface area contributed by atoms with Gasteiger partial charge in [0.25, 0.3) is 0 Å². The first-order valence-corrected chi connectivity index (χ1v) is 14.3. The Bertz CT molecular complexity index is 1250. The van der Waals surface area contributed by atoms with Crippen LogP contribution in [-0.4, -0.2) is 68.2 Å². The predicted molar refractivity (Wildman–Crippen MR) is 160 cm³/mol. The highest BCUT2D eigenvalue weighted by Crippen LogP contribution is 2.24. The minimum absolute atomic E-state index is 0.227. The molecule has 1 unspecified atom stereocenters. The number of carboxylic acid groups (broad SMARTS) is 1. The Hall–Kier alpha value is -3.66. The van der Waals surface area contributed by atoms with Gasteiger partial charge < -0.3 is 33.7 Å². The minimum Gasteiger partial charge on any atom is -0.497 e. The highest BCUT2D eigenvalue weighted by Gasteiger charge is 2.18. The molecular formula is C31H35Cl2NO8. The van der Waals surface area contributed by atoms with Gasteiger partial charge in [0, 0.05) is 29.6 Å². The van der Waals surface area contributed by atoms with Crippen molar-refractivity contribution < 1.29 is 38.4 Å². The molecule has 0 bridgehead atoms. The largest absolute Gasteiger partial charge is 0.497 e. The summed E-state index contributed by atoms with van der Waals surface area (Å²) in [6, 6.07) is 18.9. The molecular weight excluding hydrogens is 585 g/mol. The number of aliphatic carboxylic acids is 1. The van der Waals surface area contributed by atoms with Gasteiger partial charge in [-0.15, -0.1) is 0 Å². The van der Waals surface area contributed by atoms with Gasteiger partial charge in [-0.25, -0.2) is 9.59 Å². The summed E-state index contributed by atoms with van der Waals surface area (Å²) in [7, 11) is 1.56. The van der Waals surface area contributed by atoms with Crippen LogP contribution in [0, 0.1) is 0 Å². The van der Waals surface area contributed by atoms with Crippen LogP contribution in [0.1, 0.15) is 25.3 Å².